The van der Waals surface area contributed by atoms with Crippen molar-refractivity contribution in [2.45, 2.75) is 33.2 Å². The number of rotatable bonds is 0. The SMILES string of the molecule is CC1=CC(C)(C)Nc2c1ccc(N)c2C. The van der Waals surface area contributed by atoms with Crippen molar-refractivity contribution in [2.75, 3.05) is 11.1 Å². The lowest BCUT2D eigenvalue weighted by atomic mass is 9.89. The highest BCUT2D eigenvalue weighted by atomic mass is 15.0. The van der Waals surface area contributed by atoms with Crippen LogP contribution in [0.5, 0.6) is 0 Å². The molecule has 0 aliphatic carbocycles. The van der Waals surface area contributed by atoms with Crippen LogP contribution in [0.1, 0.15) is 31.9 Å². The van der Waals surface area contributed by atoms with Crippen molar-refractivity contribution in [1.82, 2.24) is 0 Å². The van der Waals surface area contributed by atoms with E-state index in [-0.39, 0.29) is 5.54 Å². The van der Waals surface area contributed by atoms with Crippen LogP contribution in [0.2, 0.25) is 0 Å². The molecule has 0 atom stereocenters. The van der Waals surface area contributed by atoms with Crippen LogP contribution in [0.25, 0.3) is 5.57 Å². The molecule has 2 rings (SSSR count). The first kappa shape index (κ1) is 10.1. The zero-order chi connectivity index (χ0) is 11.2. The van der Waals surface area contributed by atoms with E-state index in [0.29, 0.717) is 0 Å². The standard InChI is InChI=1S/C13H18N2/c1-8-7-13(3,4)15-12-9(2)11(14)6-5-10(8)12/h5-7,15H,14H2,1-4H3. The van der Waals surface area contributed by atoms with Crippen LogP contribution in [-0.2, 0) is 0 Å². The maximum Gasteiger partial charge on any atom is 0.0506 e. The Morgan fingerprint density at radius 3 is 2.53 bits per heavy atom. The number of nitrogen functional groups attached to an aromatic ring is 1. The van der Waals surface area contributed by atoms with E-state index in [0.717, 1.165) is 11.3 Å². The van der Waals surface area contributed by atoms with Gasteiger partial charge in [0.25, 0.3) is 0 Å². The third kappa shape index (κ3) is 1.60. The van der Waals surface area contributed by atoms with Gasteiger partial charge in [0.1, 0.15) is 0 Å². The summed E-state index contributed by atoms with van der Waals surface area (Å²) in [7, 11) is 0. The van der Waals surface area contributed by atoms with Crippen LogP contribution in [-0.4, -0.2) is 5.54 Å². The number of nitrogens with one attached hydrogen (secondary N) is 1. The van der Waals surface area contributed by atoms with E-state index in [9.17, 15) is 0 Å². The van der Waals surface area contributed by atoms with E-state index in [4.69, 9.17) is 5.73 Å². The average Bonchev–Trinajstić information content (AvgIpc) is 2.10. The number of allylic oxidation sites excluding steroid dienone is 1. The van der Waals surface area contributed by atoms with Crippen LogP contribution in [0, 0.1) is 6.92 Å². The van der Waals surface area contributed by atoms with Crippen molar-refractivity contribution in [2.24, 2.45) is 0 Å². The van der Waals surface area contributed by atoms with Crippen LogP contribution in [0.3, 0.4) is 0 Å². The molecule has 0 saturated carbocycles. The molecule has 0 saturated heterocycles. The summed E-state index contributed by atoms with van der Waals surface area (Å²) in [5.74, 6) is 0. The molecule has 2 nitrogen and oxygen atoms in total. The highest BCUT2D eigenvalue weighted by Gasteiger charge is 2.23. The fraction of sp³-hybridized carbons (Fsp3) is 0.385. The largest absolute Gasteiger partial charge is 0.398 e. The second-order valence-corrected chi connectivity index (χ2v) is 4.88. The third-order valence-electron chi connectivity index (χ3n) is 2.96. The molecule has 15 heavy (non-hydrogen) atoms. The second kappa shape index (κ2) is 3.02. The lowest BCUT2D eigenvalue weighted by Crippen LogP contribution is -2.32. The fourth-order valence-electron chi connectivity index (χ4n) is 2.19. The Morgan fingerprint density at radius 1 is 1.20 bits per heavy atom. The van der Waals surface area contributed by atoms with Gasteiger partial charge in [0.15, 0.2) is 0 Å². The van der Waals surface area contributed by atoms with Crippen molar-refractivity contribution in [1.29, 1.82) is 0 Å². The van der Waals surface area contributed by atoms with E-state index < -0.39 is 0 Å². The topological polar surface area (TPSA) is 38.0 Å². The Labute approximate surface area is 91.2 Å². The van der Waals surface area contributed by atoms with Gasteiger partial charge in [-0.1, -0.05) is 12.1 Å². The quantitative estimate of drug-likeness (QED) is 0.634. The van der Waals surface area contributed by atoms with Crippen LogP contribution >= 0.6 is 0 Å². The molecule has 3 N–H and O–H groups in total. The van der Waals surface area contributed by atoms with E-state index in [1.165, 1.54) is 16.8 Å². The lowest BCUT2D eigenvalue weighted by molar-refractivity contribution is 0.706. The zero-order valence-electron chi connectivity index (χ0n) is 9.81. The first-order valence-electron chi connectivity index (χ1n) is 5.28. The van der Waals surface area contributed by atoms with E-state index in [2.05, 4.69) is 45.2 Å². The van der Waals surface area contributed by atoms with Crippen molar-refractivity contribution in [3.63, 3.8) is 0 Å². The van der Waals surface area contributed by atoms with Gasteiger partial charge < -0.3 is 11.1 Å². The van der Waals surface area contributed by atoms with Gasteiger partial charge in [0.05, 0.1) is 5.54 Å². The lowest BCUT2D eigenvalue weighted by Gasteiger charge is -2.32. The predicted molar refractivity (Wildman–Crippen MR) is 66.9 cm³/mol. The molecule has 80 valence electrons. The summed E-state index contributed by atoms with van der Waals surface area (Å²) in [6.07, 6.45) is 2.25. The predicted octanol–water partition coefficient (Wildman–Crippen LogP) is 3.18. The molecule has 0 aromatic heterocycles. The smallest absolute Gasteiger partial charge is 0.0506 e. The summed E-state index contributed by atoms with van der Waals surface area (Å²) in [6.45, 7) is 8.55. The minimum atomic E-state index is 0.00956. The molecule has 0 unspecified atom stereocenters. The third-order valence-corrected chi connectivity index (χ3v) is 2.96. The minimum Gasteiger partial charge on any atom is -0.398 e. The molecule has 0 radical (unpaired) electrons. The van der Waals surface area contributed by atoms with E-state index in [1.54, 1.807) is 0 Å². The Balaban J connectivity index is 2.65. The summed E-state index contributed by atoms with van der Waals surface area (Å²) in [6, 6.07) is 4.07. The van der Waals surface area contributed by atoms with Gasteiger partial charge in [0, 0.05) is 16.9 Å². The van der Waals surface area contributed by atoms with Crippen molar-refractivity contribution in [3.05, 3.63) is 29.3 Å². The molecule has 1 heterocycles. The van der Waals surface area contributed by atoms with Crippen LogP contribution < -0.4 is 11.1 Å². The number of hydrogen-bond donors (Lipinski definition) is 2. The van der Waals surface area contributed by atoms with Gasteiger partial charge in [-0.05, 0) is 44.9 Å². The summed E-state index contributed by atoms with van der Waals surface area (Å²) in [5, 5.41) is 3.52. The number of benzene rings is 1. The normalized spacial score (nSPS) is 17.7. The van der Waals surface area contributed by atoms with Gasteiger partial charge >= 0.3 is 0 Å². The Bertz CT molecular complexity index is 442. The molecule has 0 bridgehead atoms. The monoisotopic (exact) mass is 202 g/mol. The summed E-state index contributed by atoms with van der Waals surface area (Å²) >= 11 is 0. The van der Waals surface area contributed by atoms with Crippen LogP contribution in [0.15, 0.2) is 18.2 Å². The molecular formula is C13H18N2. The average molecular weight is 202 g/mol. The Morgan fingerprint density at radius 2 is 1.87 bits per heavy atom. The Hall–Kier alpha value is -1.44. The highest BCUT2D eigenvalue weighted by molar-refractivity contribution is 5.84. The molecule has 0 fully saturated rings. The maximum absolute atomic E-state index is 5.92. The summed E-state index contributed by atoms with van der Waals surface area (Å²) in [4.78, 5) is 0. The molecule has 1 aliphatic rings. The number of fused-ring (bicyclic) bond motifs is 1. The van der Waals surface area contributed by atoms with Gasteiger partial charge in [-0.2, -0.15) is 0 Å². The second-order valence-electron chi connectivity index (χ2n) is 4.88. The van der Waals surface area contributed by atoms with Gasteiger partial charge in [-0.25, -0.2) is 0 Å². The summed E-state index contributed by atoms with van der Waals surface area (Å²) in [5.41, 5.74) is 11.7. The molecule has 0 spiro atoms. The zero-order valence-corrected chi connectivity index (χ0v) is 9.81. The van der Waals surface area contributed by atoms with Gasteiger partial charge in [-0.15, -0.1) is 0 Å². The van der Waals surface area contributed by atoms with Crippen molar-refractivity contribution >= 4 is 16.9 Å². The molecule has 0 amide bonds. The van der Waals surface area contributed by atoms with Crippen molar-refractivity contribution in [3.8, 4) is 0 Å². The maximum atomic E-state index is 5.92. The van der Waals surface area contributed by atoms with Gasteiger partial charge in [-0.3, -0.25) is 0 Å². The summed E-state index contributed by atoms with van der Waals surface area (Å²) < 4.78 is 0. The molecule has 1 aromatic rings. The van der Waals surface area contributed by atoms with Crippen molar-refractivity contribution < 1.29 is 0 Å². The molecular weight excluding hydrogens is 184 g/mol. The first-order valence-corrected chi connectivity index (χ1v) is 5.28. The number of nitrogens with two attached hydrogens (primary N) is 1. The Kier molecular flexibility index (Phi) is 2.03. The minimum absolute atomic E-state index is 0.00956. The fourth-order valence-corrected chi connectivity index (χ4v) is 2.19. The molecule has 2 heteroatoms. The number of hydrogen-bond acceptors (Lipinski definition) is 2. The first-order chi connectivity index (χ1) is 6.91. The number of anilines is 2. The van der Waals surface area contributed by atoms with E-state index >= 15 is 0 Å². The molecule has 1 aromatic carbocycles. The van der Waals surface area contributed by atoms with E-state index in [1.807, 2.05) is 6.07 Å². The highest BCUT2D eigenvalue weighted by Crippen LogP contribution is 2.37. The van der Waals surface area contributed by atoms with Gasteiger partial charge in [0.2, 0.25) is 0 Å². The van der Waals surface area contributed by atoms with Crippen LogP contribution in [0.4, 0.5) is 11.4 Å². The molecule has 1 aliphatic heterocycles.